The Kier molecular flexibility index (Phi) is 8.88. The van der Waals surface area contributed by atoms with Crippen LogP contribution >= 0.6 is 0 Å². The Bertz CT molecular complexity index is 1110. The molecular weight excluding hydrogens is 466 g/mol. The van der Waals surface area contributed by atoms with E-state index in [-0.39, 0.29) is 55.0 Å². The Morgan fingerprint density at radius 3 is 2.05 bits per heavy atom. The number of hydrogen-bond acceptors (Lipinski definition) is 4. The molecule has 2 aliphatic rings. The number of likely N-dealkylation sites (tertiary alicyclic amines) is 1. The molecule has 2 aromatic carbocycles. The zero-order valence-corrected chi connectivity index (χ0v) is 21.3. The molecule has 2 aromatic rings. The third-order valence-electron chi connectivity index (χ3n) is 7.16. The number of rotatable bonds is 11. The predicted octanol–water partition coefficient (Wildman–Crippen LogP) is 3.49. The van der Waals surface area contributed by atoms with Crippen molar-refractivity contribution in [3.8, 4) is 0 Å². The number of nitrogens with zero attached hydrogens (tertiary/aromatic N) is 2. The predicted molar refractivity (Wildman–Crippen MR) is 141 cm³/mol. The van der Waals surface area contributed by atoms with Crippen LogP contribution in [0.3, 0.4) is 0 Å². The smallest absolute Gasteiger partial charge is 0.243 e. The minimum absolute atomic E-state index is 0.0243. The molecule has 0 spiro atoms. The standard InChI is InChI=1S/C30H35N3O4/c1-2-18-31-28(35)26(20-22-11-5-3-6-12-22)33(21-23-13-7-4-8-14-23)27(34)17-19-32-29(36)24-15-9-10-16-25(24)30(32)37/h3-14,24-26H,2,15-21H2,1H3,(H,31,35)/t24-,25+,26?. The number of nitrogens with one attached hydrogen (secondary N) is 1. The van der Waals surface area contributed by atoms with Gasteiger partial charge < -0.3 is 10.2 Å². The van der Waals surface area contributed by atoms with Gasteiger partial charge in [0.05, 0.1) is 11.8 Å². The van der Waals surface area contributed by atoms with Gasteiger partial charge in [-0.3, -0.25) is 24.1 Å². The van der Waals surface area contributed by atoms with Crippen LogP contribution in [0.4, 0.5) is 0 Å². The van der Waals surface area contributed by atoms with Crippen LogP contribution in [0.1, 0.15) is 43.7 Å². The van der Waals surface area contributed by atoms with E-state index in [0.717, 1.165) is 17.5 Å². The number of imide groups is 1. The summed E-state index contributed by atoms with van der Waals surface area (Å²) in [4.78, 5) is 55.7. The first-order valence-electron chi connectivity index (χ1n) is 13.1. The summed E-state index contributed by atoms with van der Waals surface area (Å²) in [6.07, 6.45) is 6.16. The SMILES string of the molecule is CCCNC(=O)C(Cc1ccccc1)N(Cc1ccccc1)C(=O)CCN1C(=O)[C@H]2CC=CC[C@H]2C1=O. The number of hydrogen-bond donors (Lipinski definition) is 1. The molecule has 1 aliphatic carbocycles. The number of carbonyl (C=O) groups is 4. The monoisotopic (exact) mass is 501 g/mol. The van der Waals surface area contributed by atoms with Gasteiger partial charge in [-0.1, -0.05) is 79.7 Å². The minimum Gasteiger partial charge on any atom is -0.354 e. The van der Waals surface area contributed by atoms with Crippen molar-refractivity contribution in [3.63, 3.8) is 0 Å². The summed E-state index contributed by atoms with van der Waals surface area (Å²) in [6, 6.07) is 18.5. The number of amides is 4. The van der Waals surface area contributed by atoms with Crippen LogP contribution < -0.4 is 5.32 Å². The zero-order chi connectivity index (χ0) is 26.2. The highest BCUT2D eigenvalue weighted by Gasteiger charge is 2.47. The fraction of sp³-hybridized carbons (Fsp3) is 0.400. The van der Waals surface area contributed by atoms with Crippen LogP contribution in [-0.4, -0.2) is 52.6 Å². The Labute approximate surface area is 218 Å². The molecule has 194 valence electrons. The molecule has 1 aliphatic heterocycles. The molecule has 1 saturated heterocycles. The summed E-state index contributed by atoms with van der Waals surface area (Å²) in [7, 11) is 0. The Morgan fingerprint density at radius 1 is 0.919 bits per heavy atom. The Hall–Kier alpha value is -3.74. The lowest BCUT2D eigenvalue weighted by Crippen LogP contribution is -2.51. The normalized spacial score (nSPS) is 19.4. The molecule has 3 atom stereocenters. The van der Waals surface area contributed by atoms with E-state index in [4.69, 9.17) is 0 Å². The Balaban J connectivity index is 1.55. The maximum atomic E-state index is 13.7. The molecule has 4 rings (SSSR count). The van der Waals surface area contributed by atoms with Gasteiger partial charge in [-0.15, -0.1) is 0 Å². The lowest BCUT2D eigenvalue weighted by atomic mass is 9.85. The van der Waals surface area contributed by atoms with E-state index >= 15 is 0 Å². The molecule has 0 bridgehead atoms. The molecule has 37 heavy (non-hydrogen) atoms. The molecule has 1 unspecified atom stereocenters. The first-order chi connectivity index (χ1) is 18.0. The molecule has 1 N–H and O–H groups in total. The molecule has 0 aromatic heterocycles. The van der Waals surface area contributed by atoms with Gasteiger partial charge in [0.1, 0.15) is 6.04 Å². The maximum absolute atomic E-state index is 13.7. The molecule has 1 fully saturated rings. The van der Waals surface area contributed by atoms with Crippen molar-refractivity contribution in [1.82, 2.24) is 15.1 Å². The first-order valence-corrected chi connectivity index (χ1v) is 13.1. The van der Waals surface area contributed by atoms with E-state index in [1.807, 2.05) is 79.7 Å². The fourth-order valence-corrected chi connectivity index (χ4v) is 5.14. The van der Waals surface area contributed by atoms with Crippen molar-refractivity contribution >= 4 is 23.6 Å². The summed E-state index contributed by atoms with van der Waals surface area (Å²) in [5.41, 5.74) is 1.86. The number of allylic oxidation sites excluding steroid dienone is 2. The summed E-state index contributed by atoms with van der Waals surface area (Å²) >= 11 is 0. The van der Waals surface area contributed by atoms with Gasteiger partial charge in [-0.2, -0.15) is 0 Å². The second kappa shape index (κ2) is 12.5. The molecule has 0 radical (unpaired) electrons. The largest absolute Gasteiger partial charge is 0.354 e. The zero-order valence-electron chi connectivity index (χ0n) is 21.3. The Morgan fingerprint density at radius 2 is 1.49 bits per heavy atom. The van der Waals surface area contributed by atoms with Crippen molar-refractivity contribution in [3.05, 3.63) is 83.9 Å². The molecule has 1 heterocycles. The van der Waals surface area contributed by atoms with E-state index in [9.17, 15) is 19.2 Å². The summed E-state index contributed by atoms with van der Waals surface area (Å²) in [6.45, 7) is 2.79. The highest BCUT2D eigenvalue weighted by Crippen LogP contribution is 2.35. The molecule has 7 heteroatoms. The lowest BCUT2D eigenvalue weighted by Gasteiger charge is -2.32. The summed E-state index contributed by atoms with van der Waals surface area (Å²) in [5.74, 6) is -1.49. The van der Waals surface area contributed by atoms with Crippen LogP contribution in [-0.2, 0) is 32.1 Å². The van der Waals surface area contributed by atoms with Crippen LogP contribution in [0.25, 0.3) is 0 Å². The maximum Gasteiger partial charge on any atom is 0.243 e. The van der Waals surface area contributed by atoms with Crippen molar-refractivity contribution in [2.24, 2.45) is 11.8 Å². The lowest BCUT2D eigenvalue weighted by molar-refractivity contribution is -0.144. The van der Waals surface area contributed by atoms with Gasteiger partial charge in [0.15, 0.2) is 0 Å². The van der Waals surface area contributed by atoms with E-state index in [1.165, 1.54) is 4.90 Å². The molecule has 0 saturated carbocycles. The minimum atomic E-state index is -0.724. The van der Waals surface area contributed by atoms with Gasteiger partial charge in [-0.25, -0.2) is 0 Å². The average molecular weight is 502 g/mol. The van der Waals surface area contributed by atoms with Gasteiger partial charge in [0, 0.05) is 32.5 Å². The first kappa shape index (κ1) is 26.3. The molecular formula is C30H35N3O4. The number of fused-ring (bicyclic) bond motifs is 1. The summed E-state index contributed by atoms with van der Waals surface area (Å²) in [5, 5.41) is 2.96. The third-order valence-corrected chi connectivity index (χ3v) is 7.16. The second-order valence-electron chi connectivity index (χ2n) is 9.74. The quantitative estimate of drug-likeness (QED) is 0.377. The van der Waals surface area contributed by atoms with Crippen LogP contribution in [0.2, 0.25) is 0 Å². The average Bonchev–Trinajstić information content (AvgIpc) is 3.18. The van der Waals surface area contributed by atoms with Crippen LogP contribution in [0.15, 0.2) is 72.8 Å². The van der Waals surface area contributed by atoms with Gasteiger partial charge in [-0.05, 0) is 30.4 Å². The fourth-order valence-electron chi connectivity index (χ4n) is 5.14. The van der Waals surface area contributed by atoms with Crippen molar-refractivity contribution in [2.75, 3.05) is 13.1 Å². The van der Waals surface area contributed by atoms with E-state index in [0.29, 0.717) is 25.8 Å². The molecule has 4 amide bonds. The van der Waals surface area contributed by atoms with Gasteiger partial charge in [0.25, 0.3) is 0 Å². The highest BCUT2D eigenvalue weighted by molar-refractivity contribution is 6.05. The summed E-state index contributed by atoms with van der Waals surface area (Å²) < 4.78 is 0. The van der Waals surface area contributed by atoms with Crippen molar-refractivity contribution in [1.29, 1.82) is 0 Å². The van der Waals surface area contributed by atoms with Crippen LogP contribution in [0.5, 0.6) is 0 Å². The molecule has 7 nitrogen and oxygen atoms in total. The third kappa shape index (κ3) is 6.34. The van der Waals surface area contributed by atoms with Crippen LogP contribution in [0, 0.1) is 11.8 Å². The van der Waals surface area contributed by atoms with Gasteiger partial charge >= 0.3 is 0 Å². The topological polar surface area (TPSA) is 86.8 Å². The van der Waals surface area contributed by atoms with E-state index < -0.39 is 6.04 Å². The second-order valence-corrected chi connectivity index (χ2v) is 9.74. The number of carbonyl (C=O) groups excluding carboxylic acids is 4. The highest BCUT2D eigenvalue weighted by atomic mass is 16.2. The van der Waals surface area contributed by atoms with E-state index in [1.54, 1.807) is 4.90 Å². The number of benzene rings is 2. The van der Waals surface area contributed by atoms with Gasteiger partial charge in [0.2, 0.25) is 23.6 Å². The van der Waals surface area contributed by atoms with Crippen molar-refractivity contribution in [2.45, 2.75) is 51.6 Å². The van der Waals surface area contributed by atoms with Crippen molar-refractivity contribution < 1.29 is 19.2 Å². The van der Waals surface area contributed by atoms with E-state index in [2.05, 4.69) is 5.32 Å².